The first kappa shape index (κ1) is 13.2. The van der Waals surface area contributed by atoms with E-state index in [1.165, 1.54) is 0 Å². The van der Waals surface area contributed by atoms with Crippen LogP contribution < -0.4 is 10.1 Å². The lowest BCUT2D eigenvalue weighted by Gasteiger charge is -2.09. The molecular weight excluding hydrogens is 240 g/mol. The Balaban J connectivity index is 1.89. The molecule has 0 spiro atoms. The molecular formula is C15H16N2O2. The predicted octanol–water partition coefficient (Wildman–Crippen LogP) is 2.49. The van der Waals surface area contributed by atoms with Gasteiger partial charge in [0, 0.05) is 25.1 Å². The molecule has 0 fully saturated rings. The van der Waals surface area contributed by atoms with E-state index in [-0.39, 0.29) is 0 Å². The number of ether oxygens (including phenoxy) is 1. The minimum atomic E-state index is 0.642. The van der Waals surface area contributed by atoms with E-state index in [0.29, 0.717) is 12.1 Å². The van der Waals surface area contributed by atoms with Gasteiger partial charge in [-0.05, 0) is 30.3 Å². The fraction of sp³-hybridized carbons (Fsp3) is 0.267. The highest BCUT2D eigenvalue weighted by molar-refractivity contribution is 5.41. The van der Waals surface area contributed by atoms with Crippen LogP contribution in [0.15, 0.2) is 41.0 Å². The fourth-order valence-electron chi connectivity index (χ4n) is 1.88. The van der Waals surface area contributed by atoms with E-state index in [2.05, 4.69) is 11.4 Å². The Morgan fingerprint density at radius 1 is 1.37 bits per heavy atom. The molecule has 1 N–H and O–H groups in total. The first-order chi connectivity index (χ1) is 9.33. The zero-order valence-corrected chi connectivity index (χ0v) is 10.8. The molecule has 0 bridgehead atoms. The summed E-state index contributed by atoms with van der Waals surface area (Å²) in [7, 11) is 1.63. The van der Waals surface area contributed by atoms with E-state index in [1.807, 2.05) is 24.3 Å². The van der Waals surface area contributed by atoms with Gasteiger partial charge in [0.25, 0.3) is 0 Å². The van der Waals surface area contributed by atoms with Crippen molar-refractivity contribution in [2.24, 2.45) is 0 Å². The van der Waals surface area contributed by atoms with Crippen LogP contribution in [0.25, 0.3) is 0 Å². The van der Waals surface area contributed by atoms with Crippen molar-refractivity contribution in [3.63, 3.8) is 0 Å². The average molecular weight is 256 g/mol. The third kappa shape index (κ3) is 3.60. The van der Waals surface area contributed by atoms with Gasteiger partial charge < -0.3 is 14.5 Å². The maximum Gasteiger partial charge on any atom is 0.123 e. The Morgan fingerprint density at radius 3 is 2.95 bits per heavy atom. The van der Waals surface area contributed by atoms with Crippen LogP contribution in [0.5, 0.6) is 5.75 Å². The van der Waals surface area contributed by atoms with Crippen molar-refractivity contribution in [2.75, 3.05) is 13.7 Å². The second-order valence-corrected chi connectivity index (χ2v) is 4.14. The third-order valence-corrected chi connectivity index (χ3v) is 2.85. The van der Waals surface area contributed by atoms with Gasteiger partial charge in [0.05, 0.1) is 25.0 Å². The summed E-state index contributed by atoms with van der Waals surface area (Å²) < 4.78 is 10.5. The van der Waals surface area contributed by atoms with Crippen molar-refractivity contribution in [1.82, 2.24) is 5.32 Å². The van der Waals surface area contributed by atoms with E-state index in [4.69, 9.17) is 14.4 Å². The summed E-state index contributed by atoms with van der Waals surface area (Å²) in [6.07, 6.45) is 2.52. The summed E-state index contributed by atoms with van der Waals surface area (Å²) in [4.78, 5) is 0. The van der Waals surface area contributed by atoms with E-state index in [0.717, 1.165) is 30.0 Å². The molecule has 19 heavy (non-hydrogen) atoms. The van der Waals surface area contributed by atoms with Crippen molar-refractivity contribution in [1.29, 1.82) is 5.26 Å². The third-order valence-electron chi connectivity index (χ3n) is 2.85. The smallest absolute Gasteiger partial charge is 0.123 e. The van der Waals surface area contributed by atoms with Crippen LogP contribution in [0.1, 0.15) is 16.9 Å². The second-order valence-electron chi connectivity index (χ2n) is 4.14. The number of hydrogen-bond donors (Lipinski definition) is 1. The Labute approximate surface area is 112 Å². The van der Waals surface area contributed by atoms with Gasteiger partial charge in [0.1, 0.15) is 11.5 Å². The van der Waals surface area contributed by atoms with Gasteiger partial charge >= 0.3 is 0 Å². The number of methoxy groups -OCH3 is 1. The molecule has 4 nitrogen and oxygen atoms in total. The van der Waals surface area contributed by atoms with Crippen LogP contribution in [0.2, 0.25) is 0 Å². The summed E-state index contributed by atoms with van der Waals surface area (Å²) in [5.74, 6) is 1.76. The molecule has 0 amide bonds. The minimum Gasteiger partial charge on any atom is -0.496 e. The molecule has 0 saturated carbocycles. The van der Waals surface area contributed by atoms with Gasteiger partial charge in [-0.3, -0.25) is 0 Å². The highest BCUT2D eigenvalue weighted by atomic mass is 16.5. The Kier molecular flexibility index (Phi) is 4.60. The Morgan fingerprint density at radius 2 is 2.26 bits per heavy atom. The fourth-order valence-corrected chi connectivity index (χ4v) is 1.88. The van der Waals surface area contributed by atoms with Crippen LogP contribution in [0.4, 0.5) is 0 Å². The van der Waals surface area contributed by atoms with Gasteiger partial charge in [0.15, 0.2) is 0 Å². The SMILES string of the molecule is COc1ccc(C#N)cc1CNCCc1ccco1. The lowest BCUT2D eigenvalue weighted by molar-refractivity contribution is 0.407. The summed E-state index contributed by atoms with van der Waals surface area (Å²) in [6.45, 7) is 1.48. The molecule has 0 radical (unpaired) electrons. The van der Waals surface area contributed by atoms with Gasteiger partial charge in [-0.2, -0.15) is 5.26 Å². The molecule has 1 aromatic carbocycles. The summed E-state index contributed by atoms with van der Waals surface area (Å²) in [5, 5.41) is 12.2. The average Bonchev–Trinajstić information content (AvgIpc) is 2.96. The molecule has 0 aliphatic heterocycles. The molecule has 0 unspecified atom stereocenters. The molecule has 1 heterocycles. The Bertz CT molecular complexity index is 556. The number of benzene rings is 1. The van der Waals surface area contributed by atoms with E-state index >= 15 is 0 Å². The summed E-state index contributed by atoms with van der Waals surface area (Å²) >= 11 is 0. The van der Waals surface area contributed by atoms with E-state index in [9.17, 15) is 0 Å². The number of nitriles is 1. The summed E-state index contributed by atoms with van der Waals surface area (Å²) in [6, 6.07) is 11.4. The maximum absolute atomic E-state index is 8.90. The highest BCUT2D eigenvalue weighted by Gasteiger charge is 2.04. The number of nitrogens with zero attached hydrogens (tertiary/aromatic N) is 1. The number of hydrogen-bond acceptors (Lipinski definition) is 4. The molecule has 0 aliphatic carbocycles. The van der Waals surface area contributed by atoms with Crippen LogP contribution in [-0.2, 0) is 13.0 Å². The Hall–Kier alpha value is -2.25. The quantitative estimate of drug-likeness (QED) is 0.807. The molecule has 4 heteroatoms. The predicted molar refractivity (Wildman–Crippen MR) is 71.8 cm³/mol. The van der Waals surface area contributed by atoms with Gasteiger partial charge in [0.2, 0.25) is 0 Å². The monoisotopic (exact) mass is 256 g/mol. The minimum absolute atomic E-state index is 0.642. The van der Waals surface area contributed by atoms with Crippen LogP contribution in [0.3, 0.4) is 0 Å². The topological polar surface area (TPSA) is 58.2 Å². The second kappa shape index (κ2) is 6.62. The molecule has 2 rings (SSSR count). The van der Waals surface area contributed by atoms with Gasteiger partial charge in [-0.25, -0.2) is 0 Å². The first-order valence-corrected chi connectivity index (χ1v) is 6.13. The van der Waals surface area contributed by atoms with Crippen molar-refractivity contribution >= 4 is 0 Å². The van der Waals surface area contributed by atoms with Crippen LogP contribution in [0, 0.1) is 11.3 Å². The normalized spacial score (nSPS) is 10.1. The van der Waals surface area contributed by atoms with E-state index in [1.54, 1.807) is 19.4 Å². The largest absolute Gasteiger partial charge is 0.496 e. The van der Waals surface area contributed by atoms with Crippen molar-refractivity contribution in [3.8, 4) is 11.8 Å². The lowest BCUT2D eigenvalue weighted by atomic mass is 10.1. The number of furan rings is 1. The number of rotatable bonds is 6. The van der Waals surface area contributed by atoms with E-state index < -0.39 is 0 Å². The molecule has 0 aliphatic rings. The van der Waals surface area contributed by atoms with Crippen LogP contribution in [-0.4, -0.2) is 13.7 Å². The molecule has 0 atom stereocenters. The first-order valence-electron chi connectivity index (χ1n) is 6.13. The molecule has 2 aromatic rings. The highest BCUT2D eigenvalue weighted by Crippen LogP contribution is 2.19. The zero-order chi connectivity index (χ0) is 13.5. The molecule has 98 valence electrons. The standard InChI is InChI=1S/C15H16N2O2/c1-18-15-5-4-12(10-16)9-13(15)11-17-7-6-14-3-2-8-19-14/h2-5,8-9,17H,6-7,11H2,1H3. The zero-order valence-electron chi connectivity index (χ0n) is 10.8. The molecule has 0 saturated heterocycles. The van der Waals surface area contributed by atoms with Gasteiger partial charge in [-0.15, -0.1) is 0 Å². The van der Waals surface area contributed by atoms with Crippen molar-refractivity contribution in [3.05, 3.63) is 53.5 Å². The van der Waals surface area contributed by atoms with Gasteiger partial charge in [-0.1, -0.05) is 0 Å². The van der Waals surface area contributed by atoms with Crippen molar-refractivity contribution < 1.29 is 9.15 Å². The summed E-state index contributed by atoms with van der Waals surface area (Å²) in [5.41, 5.74) is 1.63. The lowest BCUT2D eigenvalue weighted by Crippen LogP contribution is -2.17. The maximum atomic E-state index is 8.90. The van der Waals surface area contributed by atoms with Crippen LogP contribution >= 0.6 is 0 Å². The van der Waals surface area contributed by atoms with Crippen molar-refractivity contribution in [2.45, 2.75) is 13.0 Å². The molecule has 1 aromatic heterocycles. The number of nitrogens with one attached hydrogen (secondary N) is 1.